The number of anilines is 1. The maximum absolute atomic E-state index is 11.9. The van der Waals surface area contributed by atoms with Gasteiger partial charge >= 0.3 is 0 Å². The number of hydrogen-bond donors (Lipinski definition) is 2. The number of rotatable bonds is 7. The van der Waals surface area contributed by atoms with Gasteiger partial charge in [-0.15, -0.1) is 0 Å². The molecule has 1 aromatic rings. The quantitative estimate of drug-likeness (QED) is 0.781. The molecule has 0 fully saturated rings. The molecule has 1 aromatic heterocycles. The van der Waals surface area contributed by atoms with Crippen LogP contribution in [0.5, 0.6) is 0 Å². The molecule has 100 valence electrons. The van der Waals surface area contributed by atoms with Crippen LogP contribution in [0, 0.1) is 0 Å². The van der Waals surface area contributed by atoms with Crippen LogP contribution in [0.2, 0.25) is 0 Å². The summed E-state index contributed by atoms with van der Waals surface area (Å²) in [6.07, 6.45) is 4.74. The van der Waals surface area contributed by atoms with E-state index >= 15 is 0 Å². The van der Waals surface area contributed by atoms with Gasteiger partial charge in [-0.05, 0) is 31.9 Å². The Morgan fingerprint density at radius 3 is 2.67 bits per heavy atom. The van der Waals surface area contributed by atoms with E-state index in [1.807, 2.05) is 13.0 Å². The van der Waals surface area contributed by atoms with Gasteiger partial charge in [-0.25, -0.2) is 4.98 Å². The average Bonchev–Trinajstić information content (AvgIpc) is 2.37. The number of carbonyl (C=O) groups excluding carboxylic acids is 1. The van der Waals surface area contributed by atoms with Crippen molar-refractivity contribution in [3.63, 3.8) is 0 Å². The van der Waals surface area contributed by atoms with E-state index in [2.05, 4.69) is 29.5 Å². The van der Waals surface area contributed by atoms with E-state index in [1.54, 1.807) is 12.3 Å². The average molecular weight is 249 g/mol. The summed E-state index contributed by atoms with van der Waals surface area (Å²) in [6.45, 7) is 7.13. The van der Waals surface area contributed by atoms with Crippen LogP contribution in [0.15, 0.2) is 18.3 Å². The van der Waals surface area contributed by atoms with E-state index in [-0.39, 0.29) is 11.9 Å². The summed E-state index contributed by atoms with van der Waals surface area (Å²) >= 11 is 0. The summed E-state index contributed by atoms with van der Waals surface area (Å²) in [5.41, 5.74) is 0.611. The van der Waals surface area contributed by atoms with Crippen molar-refractivity contribution >= 4 is 11.7 Å². The van der Waals surface area contributed by atoms with Crippen LogP contribution >= 0.6 is 0 Å². The number of aromatic nitrogens is 1. The molecule has 4 heteroatoms. The van der Waals surface area contributed by atoms with Crippen molar-refractivity contribution in [2.75, 3.05) is 11.9 Å². The van der Waals surface area contributed by atoms with Crippen LogP contribution in [0.1, 0.15) is 50.4 Å². The van der Waals surface area contributed by atoms with E-state index in [0.29, 0.717) is 5.56 Å². The third-order valence-electron chi connectivity index (χ3n) is 2.68. The van der Waals surface area contributed by atoms with Gasteiger partial charge in [-0.1, -0.05) is 20.3 Å². The van der Waals surface area contributed by atoms with Crippen molar-refractivity contribution in [2.45, 2.75) is 46.1 Å². The minimum absolute atomic E-state index is 0.0505. The minimum atomic E-state index is -0.0505. The van der Waals surface area contributed by atoms with Gasteiger partial charge in [-0.2, -0.15) is 0 Å². The fourth-order valence-electron chi connectivity index (χ4n) is 1.70. The lowest BCUT2D eigenvalue weighted by Gasteiger charge is -2.12. The summed E-state index contributed by atoms with van der Waals surface area (Å²) in [6, 6.07) is 3.86. The smallest absolute Gasteiger partial charge is 0.253 e. The van der Waals surface area contributed by atoms with E-state index in [9.17, 15) is 4.79 Å². The molecule has 0 spiro atoms. The first-order valence-corrected chi connectivity index (χ1v) is 6.68. The first-order valence-electron chi connectivity index (χ1n) is 6.68. The van der Waals surface area contributed by atoms with E-state index in [0.717, 1.165) is 31.6 Å². The fourth-order valence-corrected chi connectivity index (χ4v) is 1.70. The molecule has 18 heavy (non-hydrogen) atoms. The molecular formula is C14H23N3O. The number of nitrogens with one attached hydrogen (secondary N) is 2. The monoisotopic (exact) mass is 249 g/mol. The highest BCUT2D eigenvalue weighted by Crippen LogP contribution is 2.06. The summed E-state index contributed by atoms with van der Waals surface area (Å²) in [5.74, 6) is 0.764. The molecular weight excluding hydrogens is 226 g/mol. The molecule has 0 aliphatic carbocycles. The molecule has 0 bridgehead atoms. The Hall–Kier alpha value is -1.58. The van der Waals surface area contributed by atoms with Crippen LogP contribution in [-0.2, 0) is 0 Å². The largest absolute Gasteiger partial charge is 0.370 e. The van der Waals surface area contributed by atoms with Crippen molar-refractivity contribution in [2.24, 2.45) is 0 Å². The SMILES string of the molecule is CCCNc1ccc(C(=O)NC(C)CCC)cn1. The molecule has 2 N–H and O–H groups in total. The van der Waals surface area contributed by atoms with Gasteiger partial charge in [0.05, 0.1) is 5.56 Å². The lowest BCUT2D eigenvalue weighted by molar-refractivity contribution is 0.0938. The molecule has 1 unspecified atom stereocenters. The summed E-state index contributed by atoms with van der Waals surface area (Å²) < 4.78 is 0. The molecule has 1 atom stereocenters. The molecule has 0 aliphatic heterocycles. The normalized spacial score (nSPS) is 11.9. The Labute approximate surface area is 109 Å². The predicted molar refractivity (Wildman–Crippen MR) is 74.9 cm³/mol. The van der Waals surface area contributed by atoms with Gasteiger partial charge in [0.25, 0.3) is 5.91 Å². The molecule has 0 aliphatic rings. The van der Waals surface area contributed by atoms with Gasteiger partial charge < -0.3 is 10.6 Å². The highest BCUT2D eigenvalue weighted by atomic mass is 16.1. The maximum Gasteiger partial charge on any atom is 0.253 e. The molecule has 0 radical (unpaired) electrons. The van der Waals surface area contributed by atoms with E-state index in [1.165, 1.54) is 0 Å². The zero-order chi connectivity index (χ0) is 13.4. The Morgan fingerprint density at radius 2 is 2.11 bits per heavy atom. The van der Waals surface area contributed by atoms with E-state index < -0.39 is 0 Å². The van der Waals surface area contributed by atoms with Crippen LogP contribution in [0.25, 0.3) is 0 Å². The molecule has 1 heterocycles. The van der Waals surface area contributed by atoms with Gasteiger partial charge in [0, 0.05) is 18.8 Å². The Morgan fingerprint density at radius 1 is 1.33 bits per heavy atom. The van der Waals surface area contributed by atoms with Crippen LogP contribution in [0.3, 0.4) is 0 Å². The molecule has 4 nitrogen and oxygen atoms in total. The number of pyridine rings is 1. The second kappa shape index (κ2) is 7.69. The second-order valence-corrected chi connectivity index (χ2v) is 4.52. The van der Waals surface area contributed by atoms with Crippen molar-refractivity contribution in [3.8, 4) is 0 Å². The van der Waals surface area contributed by atoms with Crippen molar-refractivity contribution < 1.29 is 4.79 Å². The topological polar surface area (TPSA) is 54.0 Å². The standard InChI is InChI=1S/C14H23N3O/c1-4-6-11(3)17-14(18)12-7-8-13(16-10-12)15-9-5-2/h7-8,10-11H,4-6,9H2,1-3H3,(H,15,16)(H,17,18). The van der Waals surface area contributed by atoms with Crippen molar-refractivity contribution in [3.05, 3.63) is 23.9 Å². The first kappa shape index (κ1) is 14.5. The summed E-state index contributed by atoms with van der Waals surface area (Å²) in [7, 11) is 0. The lowest BCUT2D eigenvalue weighted by atomic mass is 10.2. The number of amides is 1. The molecule has 0 aromatic carbocycles. The number of hydrogen-bond acceptors (Lipinski definition) is 3. The predicted octanol–water partition coefficient (Wildman–Crippen LogP) is 2.82. The molecule has 0 saturated heterocycles. The Balaban J connectivity index is 2.53. The zero-order valence-electron chi connectivity index (χ0n) is 11.5. The van der Waals surface area contributed by atoms with Crippen molar-refractivity contribution in [1.82, 2.24) is 10.3 Å². The Bertz CT molecular complexity index is 362. The van der Waals surface area contributed by atoms with E-state index in [4.69, 9.17) is 0 Å². The third kappa shape index (κ3) is 4.73. The lowest BCUT2D eigenvalue weighted by Crippen LogP contribution is -2.32. The minimum Gasteiger partial charge on any atom is -0.370 e. The van der Waals surface area contributed by atoms with Gasteiger partial charge in [0.1, 0.15) is 5.82 Å². The second-order valence-electron chi connectivity index (χ2n) is 4.52. The number of nitrogens with zero attached hydrogens (tertiary/aromatic N) is 1. The Kier molecular flexibility index (Phi) is 6.19. The zero-order valence-corrected chi connectivity index (χ0v) is 11.5. The number of carbonyl (C=O) groups is 1. The highest BCUT2D eigenvalue weighted by molar-refractivity contribution is 5.94. The fraction of sp³-hybridized carbons (Fsp3) is 0.571. The highest BCUT2D eigenvalue weighted by Gasteiger charge is 2.09. The van der Waals surface area contributed by atoms with Crippen LogP contribution in [0.4, 0.5) is 5.82 Å². The molecule has 1 rings (SSSR count). The van der Waals surface area contributed by atoms with Gasteiger partial charge in [0.15, 0.2) is 0 Å². The maximum atomic E-state index is 11.9. The molecule has 1 amide bonds. The summed E-state index contributed by atoms with van der Waals surface area (Å²) in [5, 5.41) is 6.14. The van der Waals surface area contributed by atoms with Crippen molar-refractivity contribution in [1.29, 1.82) is 0 Å². The van der Waals surface area contributed by atoms with Gasteiger partial charge in [-0.3, -0.25) is 4.79 Å². The van der Waals surface area contributed by atoms with Crippen LogP contribution in [-0.4, -0.2) is 23.5 Å². The molecule has 0 saturated carbocycles. The van der Waals surface area contributed by atoms with Gasteiger partial charge in [0.2, 0.25) is 0 Å². The summed E-state index contributed by atoms with van der Waals surface area (Å²) in [4.78, 5) is 16.1. The van der Waals surface area contributed by atoms with Crippen LogP contribution < -0.4 is 10.6 Å². The third-order valence-corrected chi connectivity index (χ3v) is 2.68. The first-order chi connectivity index (χ1) is 8.67.